The lowest BCUT2D eigenvalue weighted by atomic mass is 10.0. The summed E-state index contributed by atoms with van der Waals surface area (Å²) in [7, 11) is 1.53. The van der Waals surface area contributed by atoms with Crippen LogP contribution in [0.4, 0.5) is 0 Å². The van der Waals surface area contributed by atoms with Crippen molar-refractivity contribution in [3.05, 3.63) is 158 Å². The first-order chi connectivity index (χ1) is 40.0. The summed E-state index contributed by atoms with van der Waals surface area (Å²) in [6, 6.07) is -0.873. The fourth-order valence-electron chi connectivity index (χ4n) is 8.67. The minimum absolute atomic E-state index is 0.0483. The van der Waals surface area contributed by atoms with E-state index in [4.69, 9.17) is 9.05 Å². The van der Waals surface area contributed by atoms with Gasteiger partial charge in [0, 0.05) is 6.42 Å². The molecule has 0 aromatic heterocycles. The number of hydrogen-bond donors (Lipinski definition) is 3. The first kappa shape index (κ1) is 78.1. The zero-order valence-electron chi connectivity index (χ0n) is 53.2. The molecule has 0 aromatic rings. The number of phosphoric acid groups is 1. The summed E-state index contributed by atoms with van der Waals surface area (Å²) < 4.78 is 23.7. The maximum Gasteiger partial charge on any atom is 0.472 e. The quantitative estimate of drug-likeness (QED) is 0.0243. The van der Waals surface area contributed by atoms with E-state index in [1.165, 1.54) is 96.3 Å². The minimum Gasteiger partial charge on any atom is -0.387 e. The molecule has 0 bridgehead atoms. The molecule has 0 saturated carbocycles. The fourth-order valence-corrected chi connectivity index (χ4v) is 9.41. The first-order valence-corrected chi connectivity index (χ1v) is 34.4. The highest BCUT2D eigenvalue weighted by Gasteiger charge is 2.27. The molecule has 466 valence electrons. The molecule has 0 aliphatic rings. The van der Waals surface area contributed by atoms with Crippen molar-refractivity contribution >= 4 is 13.7 Å². The number of amides is 1. The first-order valence-electron chi connectivity index (χ1n) is 32.9. The molecule has 0 aliphatic carbocycles. The number of likely N-dealkylation sites (N-methyl/N-ethyl adjacent to an activating group) is 1. The molecule has 0 aromatic carbocycles. The van der Waals surface area contributed by atoms with E-state index in [2.05, 4.69) is 165 Å². The lowest BCUT2D eigenvalue weighted by Crippen LogP contribution is -2.45. The summed E-state index contributed by atoms with van der Waals surface area (Å²) in [4.78, 5) is 23.4. The van der Waals surface area contributed by atoms with Crippen LogP contribution in [0.1, 0.15) is 245 Å². The normalized spacial score (nSPS) is 14.8. The van der Waals surface area contributed by atoms with Crippen LogP contribution in [0.25, 0.3) is 0 Å². The molecule has 3 N–H and O–H groups in total. The van der Waals surface area contributed by atoms with E-state index in [9.17, 15) is 19.4 Å². The molecule has 9 heteroatoms. The van der Waals surface area contributed by atoms with E-state index in [1.807, 2.05) is 27.2 Å². The van der Waals surface area contributed by atoms with Gasteiger partial charge in [-0.3, -0.25) is 13.8 Å². The van der Waals surface area contributed by atoms with E-state index in [-0.39, 0.29) is 19.1 Å². The van der Waals surface area contributed by atoms with Crippen molar-refractivity contribution in [2.75, 3.05) is 40.9 Å². The second kappa shape index (κ2) is 61.7. The summed E-state index contributed by atoms with van der Waals surface area (Å²) in [6.45, 7) is 4.68. The molecule has 0 radical (unpaired) electrons. The second-order valence-corrected chi connectivity index (χ2v) is 24.2. The summed E-state index contributed by atoms with van der Waals surface area (Å²) in [5, 5.41) is 13.9. The number of quaternary nitrogens is 1. The van der Waals surface area contributed by atoms with Gasteiger partial charge < -0.3 is 19.8 Å². The average Bonchev–Trinajstić information content (AvgIpc) is 3.47. The molecule has 0 aliphatic heterocycles. The number of carbonyl (C=O) groups is 1. The predicted molar refractivity (Wildman–Crippen MR) is 359 cm³/mol. The van der Waals surface area contributed by atoms with Crippen LogP contribution in [0, 0.1) is 0 Å². The summed E-state index contributed by atoms with van der Waals surface area (Å²) in [5.41, 5.74) is 0. The van der Waals surface area contributed by atoms with Gasteiger partial charge in [0.15, 0.2) is 0 Å². The number of carbonyl (C=O) groups excluding carboxylic acids is 1. The van der Waals surface area contributed by atoms with Crippen molar-refractivity contribution in [2.24, 2.45) is 0 Å². The van der Waals surface area contributed by atoms with Crippen molar-refractivity contribution in [1.29, 1.82) is 0 Å². The van der Waals surface area contributed by atoms with Gasteiger partial charge in [-0.1, -0.05) is 287 Å². The van der Waals surface area contributed by atoms with Crippen LogP contribution in [-0.2, 0) is 18.4 Å². The van der Waals surface area contributed by atoms with Gasteiger partial charge in [-0.15, -0.1) is 0 Å². The van der Waals surface area contributed by atoms with Crippen molar-refractivity contribution < 1.29 is 32.9 Å². The third-order valence-electron chi connectivity index (χ3n) is 13.8. The van der Waals surface area contributed by atoms with Crippen molar-refractivity contribution in [3.8, 4) is 0 Å². The van der Waals surface area contributed by atoms with Crippen LogP contribution in [0.3, 0.4) is 0 Å². The lowest BCUT2D eigenvalue weighted by Gasteiger charge is -2.25. The molecule has 0 fully saturated rings. The molecular formula is C73H124N2O6P+. The summed E-state index contributed by atoms with van der Waals surface area (Å²) in [6.07, 6.45) is 96.5. The van der Waals surface area contributed by atoms with E-state index in [1.54, 1.807) is 6.08 Å². The molecule has 3 atom stereocenters. The van der Waals surface area contributed by atoms with Gasteiger partial charge in [-0.25, -0.2) is 4.57 Å². The monoisotopic (exact) mass is 1160 g/mol. The van der Waals surface area contributed by atoms with Crippen molar-refractivity contribution in [3.63, 3.8) is 0 Å². The van der Waals surface area contributed by atoms with Gasteiger partial charge in [0.05, 0.1) is 39.9 Å². The molecule has 0 rings (SSSR count). The Labute approximate surface area is 505 Å². The van der Waals surface area contributed by atoms with Crippen LogP contribution < -0.4 is 5.32 Å². The van der Waals surface area contributed by atoms with Crippen LogP contribution in [0.15, 0.2) is 158 Å². The number of unbranched alkanes of at least 4 members (excludes halogenated alkanes) is 21. The Morgan fingerprint density at radius 1 is 0.427 bits per heavy atom. The highest BCUT2D eigenvalue weighted by atomic mass is 31.2. The summed E-state index contributed by atoms with van der Waals surface area (Å²) >= 11 is 0. The fraction of sp³-hybridized carbons (Fsp3) is 0.630. The van der Waals surface area contributed by atoms with Crippen LogP contribution >= 0.6 is 7.82 Å². The van der Waals surface area contributed by atoms with Crippen LogP contribution in [-0.4, -0.2) is 73.4 Å². The van der Waals surface area contributed by atoms with Gasteiger partial charge in [-0.2, -0.15) is 0 Å². The average molecular weight is 1160 g/mol. The van der Waals surface area contributed by atoms with Crippen LogP contribution in [0.5, 0.6) is 0 Å². The highest BCUT2D eigenvalue weighted by Crippen LogP contribution is 2.43. The lowest BCUT2D eigenvalue weighted by molar-refractivity contribution is -0.870. The third-order valence-corrected chi connectivity index (χ3v) is 14.7. The maximum atomic E-state index is 13.0. The van der Waals surface area contributed by atoms with Gasteiger partial charge in [0.1, 0.15) is 13.2 Å². The molecule has 0 heterocycles. The number of aliphatic hydroxyl groups is 1. The SMILES string of the molecule is CC/C=C\C/C=C\C/C=C\C/C=C\C/C=C\C/C=C\C/C=C\C/C=C\C/C=C\C/C=C\C/C=C\C/C=C\CCCCCCC(=O)NC(COP(=O)(O)OCC[N+](C)(C)C)C(O)/C=C/CCCCCCCCCCCCCCCCCCC. The zero-order chi connectivity index (χ0) is 59.8. The second-order valence-electron chi connectivity index (χ2n) is 22.8. The Morgan fingerprint density at radius 3 is 1.07 bits per heavy atom. The Hall–Kier alpha value is -3.88. The molecule has 0 saturated heterocycles. The number of allylic oxidation sites excluding steroid dienone is 25. The van der Waals surface area contributed by atoms with E-state index in [0.29, 0.717) is 17.4 Å². The molecule has 82 heavy (non-hydrogen) atoms. The number of aliphatic hydroxyl groups excluding tert-OH is 1. The van der Waals surface area contributed by atoms with Gasteiger partial charge in [-0.05, 0) is 109 Å². The number of hydrogen-bond acceptors (Lipinski definition) is 5. The predicted octanol–water partition coefficient (Wildman–Crippen LogP) is 21.0. The largest absolute Gasteiger partial charge is 0.472 e. The van der Waals surface area contributed by atoms with Crippen molar-refractivity contribution in [1.82, 2.24) is 5.32 Å². The number of nitrogens with one attached hydrogen (secondary N) is 1. The topological polar surface area (TPSA) is 105 Å². The highest BCUT2D eigenvalue weighted by molar-refractivity contribution is 7.47. The van der Waals surface area contributed by atoms with Crippen LogP contribution in [0.2, 0.25) is 0 Å². The van der Waals surface area contributed by atoms with E-state index in [0.717, 1.165) is 128 Å². The number of phosphoric ester groups is 1. The van der Waals surface area contributed by atoms with Gasteiger partial charge in [0.25, 0.3) is 0 Å². The van der Waals surface area contributed by atoms with E-state index < -0.39 is 20.0 Å². The molecular weight excluding hydrogens is 1030 g/mol. The Balaban J connectivity index is 4.22. The van der Waals surface area contributed by atoms with E-state index >= 15 is 0 Å². The van der Waals surface area contributed by atoms with Crippen molar-refractivity contribution in [2.45, 2.75) is 257 Å². The number of nitrogens with zero attached hydrogens (tertiary/aromatic N) is 1. The smallest absolute Gasteiger partial charge is 0.387 e. The summed E-state index contributed by atoms with van der Waals surface area (Å²) in [5.74, 6) is -0.206. The van der Waals surface area contributed by atoms with Gasteiger partial charge in [0.2, 0.25) is 5.91 Å². The molecule has 0 spiro atoms. The Bertz CT molecular complexity index is 1890. The van der Waals surface area contributed by atoms with Gasteiger partial charge >= 0.3 is 7.82 Å². The Morgan fingerprint density at radius 2 is 0.732 bits per heavy atom. The standard InChI is InChI=1S/C73H123N2O6P/c1-6-8-10-12-14-16-18-20-22-24-26-27-28-29-30-31-32-33-34-35-36-37-38-39-40-41-42-43-44-45-46-47-49-51-53-55-57-59-61-63-65-67-73(77)74-71(70-81-82(78,79)80-69-68-75(3,4)5)72(76)66-64-62-60-58-56-54-52-50-48-25-23-21-19-17-15-13-11-9-7-2/h8,10,14,16,20,22,26-27,29-30,32-33,35-36,38-39,41-42,44-45,47,49,53,55,64,66,71-72,76H,6-7,9,11-13,15,17-19,21,23-25,28,31,34,37,40,43,46,48,50-52,54,56-63,65,67-70H2,1-5H3,(H-,74,77,78,79)/p+1/b10-8-,16-14-,22-20-,27-26-,30-29-,33-32-,36-35-,39-38-,42-41-,45-44-,49-47-,55-53-,66-64+. The molecule has 3 unspecified atom stereocenters. The Kier molecular flexibility index (Phi) is 58.8. The molecule has 1 amide bonds. The maximum absolute atomic E-state index is 13.0. The zero-order valence-corrected chi connectivity index (χ0v) is 54.1. The number of rotatable bonds is 58. The third kappa shape index (κ3) is 63.7. The molecule has 8 nitrogen and oxygen atoms in total. The minimum atomic E-state index is -4.37.